The third-order valence-corrected chi connectivity index (χ3v) is 7.29. The topological polar surface area (TPSA) is 99.6 Å². The number of hydrogen-bond acceptors (Lipinski definition) is 6. The van der Waals surface area contributed by atoms with Crippen molar-refractivity contribution < 1.29 is 23.9 Å². The van der Waals surface area contributed by atoms with Crippen LogP contribution in [0, 0.1) is 11.8 Å². The molecular formula is C33H40N4O5. The molecule has 0 aromatic heterocycles. The number of ketones is 1. The van der Waals surface area contributed by atoms with Crippen LogP contribution in [0.4, 0.5) is 0 Å². The van der Waals surface area contributed by atoms with E-state index in [0.717, 1.165) is 5.56 Å². The smallest absolute Gasteiger partial charge is 0.269 e. The van der Waals surface area contributed by atoms with Gasteiger partial charge < -0.3 is 9.64 Å². The molecule has 0 fully saturated rings. The van der Waals surface area contributed by atoms with Crippen LogP contribution in [0.5, 0.6) is 0 Å². The number of carbonyl (C=O) groups is 4. The van der Waals surface area contributed by atoms with Gasteiger partial charge in [0, 0.05) is 31.0 Å². The Hall–Kier alpha value is -4.27. The zero-order chi connectivity index (χ0) is 30.8. The Kier molecular flexibility index (Phi) is 8.99. The summed E-state index contributed by atoms with van der Waals surface area (Å²) in [5.74, 6) is -2.41. The van der Waals surface area contributed by atoms with Gasteiger partial charge in [-0.2, -0.15) is 0 Å². The number of Topliss-reactive ketones (excluding diaryl/α,β-unsaturated/α-hetero) is 1. The minimum Gasteiger partial charge on any atom is -0.473 e. The van der Waals surface area contributed by atoms with Gasteiger partial charge >= 0.3 is 0 Å². The second-order valence-electron chi connectivity index (χ2n) is 12.1. The van der Waals surface area contributed by atoms with Crippen LogP contribution < -0.4 is 0 Å². The van der Waals surface area contributed by atoms with Crippen LogP contribution in [0.25, 0.3) is 5.70 Å². The molecule has 0 saturated carbocycles. The van der Waals surface area contributed by atoms with Crippen molar-refractivity contribution in [3.05, 3.63) is 78.0 Å². The molecule has 4 rings (SSSR count). The Balaban J connectivity index is 1.93. The maximum Gasteiger partial charge on any atom is 0.269 e. The minimum absolute atomic E-state index is 0.0705. The molecule has 2 aliphatic rings. The zero-order valence-electron chi connectivity index (χ0n) is 25.4. The second-order valence-corrected chi connectivity index (χ2v) is 12.1. The molecule has 0 radical (unpaired) electrons. The van der Waals surface area contributed by atoms with Crippen molar-refractivity contribution in [1.82, 2.24) is 14.9 Å². The Morgan fingerprint density at radius 3 is 2.10 bits per heavy atom. The van der Waals surface area contributed by atoms with E-state index < -0.39 is 35.2 Å². The molecule has 222 valence electrons. The van der Waals surface area contributed by atoms with Crippen LogP contribution in [0.2, 0.25) is 0 Å². The van der Waals surface area contributed by atoms with Gasteiger partial charge in [-0.25, -0.2) is 15.0 Å². The molecule has 1 unspecified atom stereocenters. The van der Waals surface area contributed by atoms with Gasteiger partial charge in [-0.1, -0.05) is 88.4 Å². The highest BCUT2D eigenvalue weighted by atomic mass is 16.5. The van der Waals surface area contributed by atoms with E-state index >= 15 is 0 Å². The highest BCUT2D eigenvalue weighted by Crippen LogP contribution is 2.34. The number of hydrazine groups is 1. The summed E-state index contributed by atoms with van der Waals surface area (Å²) in [5, 5.41) is 2.51. The Morgan fingerprint density at radius 1 is 1.00 bits per heavy atom. The zero-order valence-corrected chi connectivity index (χ0v) is 25.4. The molecule has 0 bridgehead atoms. The summed E-state index contributed by atoms with van der Waals surface area (Å²) in [5.41, 5.74) is 1.14. The summed E-state index contributed by atoms with van der Waals surface area (Å²) in [4.78, 5) is 61.8. The lowest BCUT2D eigenvalue weighted by Gasteiger charge is -2.47. The van der Waals surface area contributed by atoms with E-state index in [1.165, 1.54) is 21.8 Å². The SMILES string of the molecule is CC(=O)N([C@@H](Cc1ccccc1)C(=O)C1=NC(C)(C)CO1)N1C(=O)C(C(C)C)N(C(=O)C(C)C)C=C1c1ccccc1. The van der Waals surface area contributed by atoms with Gasteiger partial charge in [-0.15, -0.1) is 0 Å². The lowest BCUT2D eigenvalue weighted by atomic mass is 9.96. The lowest BCUT2D eigenvalue weighted by molar-refractivity contribution is -0.168. The minimum atomic E-state index is -1.14. The van der Waals surface area contributed by atoms with Crippen LogP contribution in [-0.4, -0.2) is 68.5 Å². The first-order valence-electron chi connectivity index (χ1n) is 14.4. The van der Waals surface area contributed by atoms with Gasteiger partial charge in [0.15, 0.2) is 0 Å². The van der Waals surface area contributed by atoms with Crippen LogP contribution >= 0.6 is 0 Å². The average Bonchev–Trinajstić information content (AvgIpc) is 3.32. The van der Waals surface area contributed by atoms with E-state index in [0.29, 0.717) is 11.3 Å². The third-order valence-electron chi connectivity index (χ3n) is 7.29. The van der Waals surface area contributed by atoms with E-state index in [1.807, 2.05) is 76.2 Å². The normalized spacial score (nSPS) is 18.9. The Labute approximate surface area is 247 Å². The van der Waals surface area contributed by atoms with E-state index in [-0.39, 0.29) is 36.7 Å². The predicted molar refractivity (Wildman–Crippen MR) is 161 cm³/mol. The number of amides is 3. The molecule has 2 aliphatic heterocycles. The highest BCUT2D eigenvalue weighted by Gasteiger charge is 2.48. The maximum absolute atomic E-state index is 14.6. The fourth-order valence-electron chi connectivity index (χ4n) is 5.24. The van der Waals surface area contributed by atoms with Crippen LogP contribution in [0.15, 0.2) is 71.9 Å². The predicted octanol–water partition coefficient (Wildman–Crippen LogP) is 4.49. The first-order valence-corrected chi connectivity index (χ1v) is 14.4. The Morgan fingerprint density at radius 2 is 1.60 bits per heavy atom. The number of carbonyl (C=O) groups excluding carboxylic acids is 4. The molecule has 9 nitrogen and oxygen atoms in total. The molecule has 0 saturated heterocycles. The molecule has 3 amide bonds. The van der Waals surface area contributed by atoms with Gasteiger partial charge in [-0.3, -0.25) is 19.2 Å². The summed E-state index contributed by atoms with van der Waals surface area (Å²) >= 11 is 0. The summed E-state index contributed by atoms with van der Waals surface area (Å²) in [6, 6.07) is 16.4. The van der Waals surface area contributed by atoms with E-state index in [1.54, 1.807) is 32.2 Å². The summed E-state index contributed by atoms with van der Waals surface area (Å²) in [7, 11) is 0. The largest absolute Gasteiger partial charge is 0.473 e. The van der Waals surface area contributed by atoms with Gasteiger partial charge in [0.25, 0.3) is 11.8 Å². The van der Waals surface area contributed by atoms with E-state index in [2.05, 4.69) is 4.99 Å². The molecular weight excluding hydrogens is 532 g/mol. The van der Waals surface area contributed by atoms with E-state index in [4.69, 9.17) is 4.74 Å². The maximum atomic E-state index is 14.6. The highest BCUT2D eigenvalue weighted by molar-refractivity contribution is 6.39. The quantitative estimate of drug-likeness (QED) is 0.441. The summed E-state index contributed by atoms with van der Waals surface area (Å²) < 4.78 is 5.73. The number of nitrogens with zero attached hydrogens (tertiary/aromatic N) is 4. The number of benzene rings is 2. The summed E-state index contributed by atoms with van der Waals surface area (Å²) in [6.45, 7) is 12.6. The van der Waals surface area contributed by atoms with Gasteiger partial charge in [0.2, 0.25) is 17.6 Å². The molecule has 42 heavy (non-hydrogen) atoms. The van der Waals surface area contributed by atoms with Crippen molar-refractivity contribution >= 4 is 35.1 Å². The molecule has 0 aliphatic carbocycles. The van der Waals surface area contributed by atoms with Gasteiger partial charge in [0.1, 0.15) is 18.7 Å². The van der Waals surface area contributed by atoms with E-state index in [9.17, 15) is 19.2 Å². The number of hydrogen-bond donors (Lipinski definition) is 0. The first kappa shape index (κ1) is 30.7. The van der Waals surface area contributed by atoms with Crippen LogP contribution in [0.1, 0.15) is 59.6 Å². The van der Waals surface area contributed by atoms with Crippen LogP contribution in [-0.2, 0) is 30.3 Å². The van der Waals surface area contributed by atoms with Crippen molar-refractivity contribution in [2.24, 2.45) is 16.8 Å². The molecule has 2 aromatic carbocycles. The van der Waals surface area contributed by atoms with Crippen molar-refractivity contribution in [2.45, 2.75) is 72.5 Å². The van der Waals surface area contributed by atoms with Gasteiger partial charge in [-0.05, 0) is 25.3 Å². The molecule has 0 N–H and O–H groups in total. The molecule has 9 heteroatoms. The Bertz CT molecular complexity index is 1400. The number of aliphatic imine (C=N–C) groups is 1. The van der Waals surface area contributed by atoms with Crippen molar-refractivity contribution in [3.63, 3.8) is 0 Å². The van der Waals surface area contributed by atoms with Crippen molar-refractivity contribution in [1.29, 1.82) is 0 Å². The molecule has 2 heterocycles. The second kappa shape index (κ2) is 12.3. The van der Waals surface area contributed by atoms with Gasteiger partial charge in [0.05, 0.1) is 11.2 Å². The fraction of sp³-hybridized carbons (Fsp3) is 0.424. The molecule has 2 aromatic rings. The third kappa shape index (κ3) is 6.30. The standard InChI is InChI=1S/C33H40N4O5/c1-21(2)28-32(41)37(27(25-16-12-9-13-17-25)19-35(28)31(40)22(3)4)36(23(5)38)26(18-24-14-10-8-11-15-24)29(39)30-34-33(6,7)20-42-30/h8-17,19,21-22,26,28H,18,20H2,1-7H3/t26-,28?/m0/s1. The number of ether oxygens (including phenoxy) is 1. The molecule has 2 atom stereocenters. The average molecular weight is 573 g/mol. The summed E-state index contributed by atoms with van der Waals surface area (Å²) in [6.07, 6.45) is 1.76. The molecule has 0 spiro atoms. The van der Waals surface area contributed by atoms with Crippen LogP contribution in [0.3, 0.4) is 0 Å². The fourth-order valence-corrected chi connectivity index (χ4v) is 5.24. The first-order chi connectivity index (χ1) is 19.8. The monoisotopic (exact) mass is 572 g/mol. The number of rotatable bonds is 9. The van der Waals surface area contributed by atoms with Crippen molar-refractivity contribution in [3.8, 4) is 0 Å². The van der Waals surface area contributed by atoms with Crippen molar-refractivity contribution in [2.75, 3.05) is 6.61 Å². The lowest BCUT2D eigenvalue weighted by Crippen LogP contribution is -2.64.